The summed E-state index contributed by atoms with van der Waals surface area (Å²) in [6, 6.07) is 3.82. The van der Waals surface area contributed by atoms with Crippen molar-refractivity contribution in [1.82, 2.24) is 5.32 Å². The van der Waals surface area contributed by atoms with Gasteiger partial charge >= 0.3 is 0 Å². The van der Waals surface area contributed by atoms with Crippen molar-refractivity contribution in [3.05, 3.63) is 58.4 Å². The minimum atomic E-state index is -4.11. The smallest absolute Gasteiger partial charge is 0.255 e. The molecule has 4 N–H and O–H groups in total. The molecule has 4 rings (SSSR count). The summed E-state index contributed by atoms with van der Waals surface area (Å²) in [4.78, 5) is 36.8. The summed E-state index contributed by atoms with van der Waals surface area (Å²) in [5, 5.41) is 24.5. The zero-order valence-corrected chi connectivity index (χ0v) is 24.9. The molecule has 0 heterocycles. The number of Topliss-reactive ketones (excluding diaryl/α,β-unsaturated/α-hetero) is 1. The number of hydrogen-bond acceptors (Lipinski definition) is 7. The van der Waals surface area contributed by atoms with Crippen molar-refractivity contribution >= 4 is 44.7 Å². The fourth-order valence-electron chi connectivity index (χ4n) is 6.10. The molecule has 43 heavy (non-hydrogen) atoms. The van der Waals surface area contributed by atoms with Crippen LogP contribution in [0.4, 0.5) is 18.9 Å². The van der Waals surface area contributed by atoms with Gasteiger partial charge in [-0.25, -0.2) is 21.6 Å². The van der Waals surface area contributed by atoms with Gasteiger partial charge in [-0.2, -0.15) is 0 Å². The molecule has 14 heteroatoms. The molecular weight excluding hydrogens is 613 g/mol. The Labute approximate surface area is 251 Å². The van der Waals surface area contributed by atoms with E-state index in [-0.39, 0.29) is 52.6 Å². The number of anilines is 1. The second-order valence-electron chi connectivity index (χ2n) is 11.3. The van der Waals surface area contributed by atoms with Crippen LogP contribution >= 0.6 is 11.6 Å². The number of fused-ring (bicyclic) bond motifs is 2. The van der Waals surface area contributed by atoms with Gasteiger partial charge in [0.05, 0.1) is 26.8 Å². The van der Waals surface area contributed by atoms with Crippen molar-refractivity contribution in [2.75, 3.05) is 5.32 Å². The molecule has 2 aromatic rings. The lowest BCUT2D eigenvalue weighted by molar-refractivity contribution is -0.133. The number of ketones is 1. The molecule has 9 nitrogen and oxygen atoms in total. The predicted molar refractivity (Wildman–Crippen MR) is 151 cm³/mol. The van der Waals surface area contributed by atoms with E-state index in [1.165, 1.54) is 26.0 Å². The van der Waals surface area contributed by atoms with E-state index >= 15 is 0 Å². The van der Waals surface area contributed by atoms with E-state index in [2.05, 4.69) is 10.6 Å². The Kier molecular flexibility index (Phi) is 9.60. The monoisotopic (exact) mass is 644 g/mol. The number of sulfone groups is 1. The second-order valence-corrected chi connectivity index (χ2v) is 13.9. The van der Waals surface area contributed by atoms with Crippen LogP contribution in [-0.4, -0.2) is 59.2 Å². The molecule has 2 aliphatic rings. The van der Waals surface area contributed by atoms with Crippen LogP contribution in [0, 0.1) is 29.3 Å². The van der Waals surface area contributed by atoms with Crippen molar-refractivity contribution in [2.45, 2.75) is 80.3 Å². The van der Waals surface area contributed by atoms with Crippen molar-refractivity contribution < 1.29 is 46.2 Å². The van der Waals surface area contributed by atoms with Crippen LogP contribution in [0.3, 0.4) is 0 Å². The van der Waals surface area contributed by atoms with Gasteiger partial charge < -0.3 is 20.8 Å². The first-order valence-corrected chi connectivity index (χ1v) is 15.7. The molecule has 2 aliphatic carbocycles. The highest BCUT2D eigenvalue weighted by atomic mass is 35.5. The van der Waals surface area contributed by atoms with Crippen molar-refractivity contribution in [3.8, 4) is 0 Å². The van der Waals surface area contributed by atoms with Crippen LogP contribution in [0.15, 0.2) is 35.2 Å². The van der Waals surface area contributed by atoms with Gasteiger partial charge in [-0.3, -0.25) is 14.4 Å². The molecule has 2 amide bonds. The first kappa shape index (κ1) is 32.9. The Balaban J connectivity index is 1.47. The maximum Gasteiger partial charge on any atom is 0.255 e. The first-order chi connectivity index (χ1) is 20.0. The Morgan fingerprint density at radius 2 is 1.63 bits per heavy atom. The summed E-state index contributed by atoms with van der Waals surface area (Å²) in [6.07, 6.45) is 0.0572. The van der Waals surface area contributed by atoms with Gasteiger partial charge in [0.1, 0.15) is 6.10 Å². The summed E-state index contributed by atoms with van der Waals surface area (Å²) in [5.74, 6) is -7.49. The van der Waals surface area contributed by atoms with Crippen molar-refractivity contribution in [3.63, 3.8) is 0 Å². The van der Waals surface area contributed by atoms with Crippen LogP contribution in [0.5, 0.6) is 0 Å². The number of hydrogen-bond donors (Lipinski definition) is 4. The van der Waals surface area contributed by atoms with Gasteiger partial charge in [-0.1, -0.05) is 11.6 Å². The SMILES string of the molecule is C[C@H](O)C(=O)N[C@@H](C)C(=O)CCC1(O)C2CC[C@H]1CC(S(=O)(=O)c1cc(C(=O)Nc3cc(F)c(F)c(F)c3)ccc1Cl)C2. The summed E-state index contributed by atoms with van der Waals surface area (Å²) >= 11 is 6.25. The van der Waals surface area contributed by atoms with Crippen molar-refractivity contribution in [2.24, 2.45) is 11.8 Å². The van der Waals surface area contributed by atoms with E-state index in [1.807, 2.05) is 0 Å². The summed E-state index contributed by atoms with van der Waals surface area (Å²) in [5.41, 5.74) is -1.82. The number of nitrogens with one attached hydrogen (secondary N) is 2. The van der Waals surface area contributed by atoms with Crippen LogP contribution in [0.1, 0.15) is 62.7 Å². The van der Waals surface area contributed by atoms with Gasteiger partial charge in [0, 0.05) is 29.8 Å². The highest BCUT2D eigenvalue weighted by molar-refractivity contribution is 7.92. The normalized spacial score (nSPS) is 24.7. The summed E-state index contributed by atoms with van der Waals surface area (Å²) in [6.45, 7) is 2.76. The number of aliphatic hydroxyl groups is 2. The molecule has 234 valence electrons. The number of amides is 2. The van der Waals surface area contributed by atoms with Gasteiger partial charge in [-0.15, -0.1) is 0 Å². The molecule has 0 spiro atoms. The van der Waals surface area contributed by atoms with E-state index in [0.717, 1.165) is 6.07 Å². The Bertz CT molecular complexity index is 1520. The van der Waals surface area contributed by atoms with Gasteiger partial charge in [0.2, 0.25) is 5.91 Å². The average molecular weight is 645 g/mol. The zero-order chi connectivity index (χ0) is 31.9. The van der Waals surface area contributed by atoms with Crippen molar-refractivity contribution in [1.29, 1.82) is 0 Å². The highest BCUT2D eigenvalue weighted by Crippen LogP contribution is 2.54. The standard InChI is InChI=1S/C29H32ClF3N2O7S/c1-14(34-27(38)15(2)36)24(37)7-8-29(40)17-4-5-18(29)11-20(10-17)43(41,42)25-9-16(3-6-21(25)30)28(39)35-19-12-22(31)26(33)23(32)13-19/h3,6,9,12-15,17-18,20,36,40H,4-5,7-8,10-11H2,1-2H3,(H,34,38)(H,35,39)/t14-,15-,17-,18?,20?,29?/m0/s1. The third-order valence-corrected chi connectivity index (χ3v) is 11.2. The van der Waals surface area contributed by atoms with E-state index in [4.69, 9.17) is 11.6 Å². The molecule has 0 aliphatic heterocycles. The lowest BCUT2D eigenvalue weighted by Crippen LogP contribution is -2.49. The van der Waals surface area contributed by atoms with Crippen LogP contribution in [-0.2, 0) is 19.4 Å². The number of carbonyl (C=O) groups excluding carboxylic acids is 3. The predicted octanol–water partition coefficient (Wildman–Crippen LogP) is 3.94. The fraction of sp³-hybridized carbons (Fsp3) is 0.483. The molecule has 2 fully saturated rings. The van der Waals surface area contributed by atoms with E-state index in [1.54, 1.807) is 0 Å². The zero-order valence-electron chi connectivity index (χ0n) is 23.4. The number of halogens is 4. The van der Waals surface area contributed by atoms with E-state index < -0.39 is 73.9 Å². The second kappa shape index (κ2) is 12.5. The van der Waals surface area contributed by atoms with Gasteiger partial charge in [0.15, 0.2) is 33.1 Å². The van der Waals surface area contributed by atoms with E-state index in [0.29, 0.717) is 25.0 Å². The summed E-state index contributed by atoms with van der Waals surface area (Å²) in [7, 11) is -4.11. The van der Waals surface area contributed by atoms with Gasteiger partial charge in [-0.05, 0) is 76.0 Å². The average Bonchev–Trinajstić information content (AvgIpc) is 3.09. The molecule has 0 aromatic heterocycles. The minimum Gasteiger partial charge on any atom is -0.389 e. The molecule has 2 saturated carbocycles. The molecule has 6 atom stereocenters. The molecule has 0 saturated heterocycles. The minimum absolute atomic E-state index is 0.0486. The third-order valence-electron chi connectivity index (χ3n) is 8.55. The maximum absolute atomic E-state index is 13.8. The topological polar surface area (TPSA) is 150 Å². The third kappa shape index (κ3) is 6.74. The molecule has 2 aromatic carbocycles. The molecule has 3 unspecified atom stereocenters. The quantitative estimate of drug-likeness (QED) is 0.286. The number of carbonyl (C=O) groups is 3. The van der Waals surface area contributed by atoms with Gasteiger partial charge in [0.25, 0.3) is 5.91 Å². The first-order valence-electron chi connectivity index (χ1n) is 13.8. The summed E-state index contributed by atoms with van der Waals surface area (Å²) < 4.78 is 67.9. The molecule has 0 radical (unpaired) electrons. The Morgan fingerprint density at radius 1 is 1.05 bits per heavy atom. The largest absolute Gasteiger partial charge is 0.389 e. The number of aliphatic hydroxyl groups excluding tert-OH is 1. The Hall–Kier alpha value is -3.00. The molecule has 2 bridgehead atoms. The lowest BCUT2D eigenvalue weighted by Gasteiger charge is -2.42. The molecular formula is C29H32ClF3N2O7S. The highest BCUT2D eigenvalue weighted by Gasteiger charge is 2.55. The fourth-order valence-corrected chi connectivity index (χ4v) is 8.50. The van der Waals surface area contributed by atoms with Crippen LogP contribution in [0.25, 0.3) is 0 Å². The lowest BCUT2D eigenvalue weighted by atomic mass is 9.71. The van der Waals surface area contributed by atoms with E-state index in [9.17, 15) is 46.2 Å². The Morgan fingerprint density at radius 3 is 2.19 bits per heavy atom. The maximum atomic E-state index is 13.8. The number of rotatable bonds is 10. The van der Waals surface area contributed by atoms with Crippen LogP contribution < -0.4 is 10.6 Å². The van der Waals surface area contributed by atoms with Crippen LogP contribution in [0.2, 0.25) is 5.02 Å². The number of benzene rings is 2.